The summed E-state index contributed by atoms with van der Waals surface area (Å²) in [6, 6.07) is 17.0. The van der Waals surface area contributed by atoms with Gasteiger partial charge in [-0.25, -0.2) is 0 Å². The highest BCUT2D eigenvalue weighted by Gasteiger charge is 2.21. The highest BCUT2D eigenvalue weighted by Crippen LogP contribution is 2.32. The average molecular weight is 281 g/mol. The maximum absolute atomic E-state index is 6.26. The summed E-state index contributed by atoms with van der Waals surface area (Å²) in [5, 5.41) is 0. The fourth-order valence-corrected chi connectivity index (χ4v) is 3.01. The molecule has 2 aromatic rings. The van der Waals surface area contributed by atoms with Crippen LogP contribution in [0.25, 0.3) is 0 Å². The van der Waals surface area contributed by atoms with Gasteiger partial charge in [-0.1, -0.05) is 54.1 Å². The third kappa shape index (κ3) is 3.34. The molecule has 0 saturated carbocycles. The second kappa shape index (κ2) is 6.42. The summed E-state index contributed by atoms with van der Waals surface area (Å²) in [7, 11) is 0. The minimum absolute atomic E-state index is 0.0558. The lowest BCUT2D eigenvalue weighted by molar-refractivity contribution is 0.0319. The first-order valence-electron chi connectivity index (χ1n) is 7.75. The lowest BCUT2D eigenvalue weighted by atomic mass is 9.89. The van der Waals surface area contributed by atoms with Crippen molar-refractivity contribution in [1.29, 1.82) is 0 Å². The first-order valence-corrected chi connectivity index (χ1v) is 7.75. The third-order valence-electron chi connectivity index (χ3n) is 4.30. The van der Waals surface area contributed by atoms with Crippen molar-refractivity contribution in [2.75, 3.05) is 6.61 Å². The summed E-state index contributed by atoms with van der Waals surface area (Å²) < 4.78 is 6.13. The number of aryl methyl sites for hydroxylation is 2. The van der Waals surface area contributed by atoms with Crippen LogP contribution in [0.3, 0.4) is 0 Å². The fraction of sp³-hybridized carbons (Fsp3) is 0.368. The first kappa shape index (κ1) is 14.3. The number of hydrogen-bond donors (Lipinski definition) is 1. The van der Waals surface area contributed by atoms with E-state index >= 15 is 0 Å². The van der Waals surface area contributed by atoms with E-state index in [-0.39, 0.29) is 12.1 Å². The van der Waals surface area contributed by atoms with Crippen LogP contribution in [0.5, 0.6) is 0 Å². The molecule has 0 saturated heterocycles. The maximum atomic E-state index is 6.26. The molecule has 1 aliphatic carbocycles. The molecule has 2 heteroatoms. The van der Waals surface area contributed by atoms with Crippen LogP contribution in [-0.4, -0.2) is 6.61 Å². The van der Waals surface area contributed by atoms with E-state index in [9.17, 15) is 0 Å². The highest BCUT2D eigenvalue weighted by atomic mass is 16.5. The predicted octanol–water partition coefficient (Wildman–Crippen LogP) is 4.09. The van der Waals surface area contributed by atoms with Crippen LogP contribution in [0.1, 0.15) is 47.2 Å². The first-order chi connectivity index (χ1) is 10.2. The van der Waals surface area contributed by atoms with Gasteiger partial charge in [0.15, 0.2) is 0 Å². The lowest BCUT2D eigenvalue weighted by Crippen LogP contribution is -2.21. The van der Waals surface area contributed by atoms with Crippen molar-refractivity contribution in [3.05, 3.63) is 70.8 Å². The summed E-state index contributed by atoms with van der Waals surface area (Å²) in [5.41, 5.74) is 11.4. The van der Waals surface area contributed by atoms with Crippen molar-refractivity contribution in [3.63, 3.8) is 0 Å². The molecule has 0 radical (unpaired) electrons. The quantitative estimate of drug-likeness (QED) is 0.916. The Kier molecular flexibility index (Phi) is 4.37. The molecule has 3 rings (SSSR count). The van der Waals surface area contributed by atoms with Crippen molar-refractivity contribution in [1.82, 2.24) is 0 Å². The Balaban J connectivity index is 1.64. The number of nitrogens with two attached hydrogens (primary N) is 1. The Morgan fingerprint density at radius 3 is 2.71 bits per heavy atom. The number of fused-ring (bicyclic) bond motifs is 1. The largest absolute Gasteiger partial charge is 0.372 e. The van der Waals surface area contributed by atoms with E-state index in [2.05, 4.69) is 55.5 Å². The molecule has 0 amide bonds. The minimum Gasteiger partial charge on any atom is -0.372 e. The SMILES string of the molecule is Cc1ccc(C(N)COC2CCCc3ccccc32)cc1. The standard InChI is InChI=1S/C19H23NO/c1-14-9-11-16(12-10-14)18(20)13-21-19-8-4-6-15-5-2-3-7-17(15)19/h2-3,5,7,9-12,18-19H,4,6,8,13,20H2,1H3. The van der Waals surface area contributed by atoms with Gasteiger partial charge in [-0.15, -0.1) is 0 Å². The van der Waals surface area contributed by atoms with Gasteiger partial charge >= 0.3 is 0 Å². The molecule has 2 N–H and O–H groups in total. The molecule has 0 heterocycles. The van der Waals surface area contributed by atoms with Crippen molar-refractivity contribution < 1.29 is 4.74 Å². The molecule has 2 nitrogen and oxygen atoms in total. The van der Waals surface area contributed by atoms with Crippen LogP contribution in [0.4, 0.5) is 0 Å². The van der Waals surface area contributed by atoms with Gasteiger partial charge in [0.05, 0.1) is 18.8 Å². The van der Waals surface area contributed by atoms with Gasteiger partial charge < -0.3 is 10.5 Å². The smallest absolute Gasteiger partial charge is 0.0828 e. The van der Waals surface area contributed by atoms with Crippen LogP contribution < -0.4 is 5.73 Å². The van der Waals surface area contributed by atoms with Gasteiger partial charge in [-0.3, -0.25) is 0 Å². The van der Waals surface area contributed by atoms with E-state index in [0.717, 1.165) is 12.0 Å². The monoisotopic (exact) mass is 281 g/mol. The van der Waals surface area contributed by atoms with Gasteiger partial charge in [-0.2, -0.15) is 0 Å². The minimum atomic E-state index is -0.0558. The summed E-state index contributed by atoms with van der Waals surface area (Å²) in [5.74, 6) is 0. The van der Waals surface area contributed by atoms with Crippen LogP contribution in [0.2, 0.25) is 0 Å². The Morgan fingerprint density at radius 1 is 1.14 bits per heavy atom. The van der Waals surface area contributed by atoms with Gasteiger partial charge in [0.2, 0.25) is 0 Å². The Labute approximate surface area is 126 Å². The van der Waals surface area contributed by atoms with Crippen LogP contribution in [0, 0.1) is 6.92 Å². The normalized spacial score (nSPS) is 19.0. The van der Waals surface area contributed by atoms with Crippen molar-refractivity contribution in [3.8, 4) is 0 Å². The van der Waals surface area contributed by atoms with Gasteiger partial charge in [0.1, 0.15) is 0 Å². The topological polar surface area (TPSA) is 35.2 Å². The Hall–Kier alpha value is -1.64. The lowest BCUT2D eigenvalue weighted by Gasteiger charge is -2.27. The summed E-state index contributed by atoms with van der Waals surface area (Å²) in [6.07, 6.45) is 3.66. The summed E-state index contributed by atoms with van der Waals surface area (Å²) >= 11 is 0. The molecule has 0 fully saturated rings. The molecule has 2 aromatic carbocycles. The molecule has 2 atom stereocenters. The Morgan fingerprint density at radius 2 is 1.90 bits per heavy atom. The zero-order chi connectivity index (χ0) is 14.7. The number of benzene rings is 2. The molecule has 0 aliphatic heterocycles. The van der Waals surface area contributed by atoms with Crippen LogP contribution in [0.15, 0.2) is 48.5 Å². The zero-order valence-corrected chi connectivity index (χ0v) is 12.6. The second-order valence-corrected chi connectivity index (χ2v) is 5.93. The van der Waals surface area contributed by atoms with Crippen LogP contribution >= 0.6 is 0 Å². The average Bonchev–Trinajstić information content (AvgIpc) is 2.53. The van der Waals surface area contributed by atoms with E-state index < -0.39 is 0 Å². The van der Waals surface area contributed by atoms with E-state index in [1.807, 2.05) is 0 Å². The summed E-state index contributed by atoms with van der Waals surface area (Å²) in [4.78, 5) is 0. The molecule has 0 spiro atoms. The Bertz CT molecular complexity index is 591. The second-order valence-electron chi connectivity index (χ2n) is 5.93. The highest BCUT2D eigenvalue weighted by molar-refractivity contribution is 5.31. The van der Waals surface area contributed by atoms with Crippen LogP contribution in [-0.2, 0) is 11.2 Å². The molecule has 2 unspecified atom stereocenters. The number of hydrogen-bond acceptors (Lipinski definition) is 2. The molecular weight excluding hydrogens is 258 g/mol. The predicted molar refractivity (Wildman–Crippen MR) is 86.2 cm³/mol. The molecule has 1 aliphatic rings. The number of ether oxygens (including phenoxy) is 1. The molecule has 0 aromatic heterocycles. The molecule has 0 bridgehead atoms. The molecule has 110 valence electrons. The van der Waals surface area contributed by atoms with E-state index in [0.29, 0.717) is 6.61 Å². The van der Waals surface area contributed by atoms with Crippen molar-refractivity contribution >= 4 is 0 Å². The van der Waals surface area contributed by atoms with Gasteiger partial charge in [-0.05, 0) is 42.9 Å². The third-order valence-corrected chi connectivity index (χ3v) is 4.30. The van der Waals surface area contributed by atoms with Crippen molar-refractivity contribution in [2.45, 2.75) is 38.3 Å². The van der Waals surface area contributed by atoms with Gasteiger partial charge in [0, 0.05) is 0 Å². The summed E-state index contributed by atoms with van der Waals surface area (Å²) in [6.45, 7) is 2.66. The van der Waals surface area contributed by atoms with E-state index in [1.165, 1.54) is 29.5 Å². The van der Waals surface area contributed by atoms with Gasteiger partial charge in [0.25, 0.3) is 0 Å². The zero-order valence-electron chi connectivity index (χ0n) is 12.6. The van der Waals surface area contributed by atoms with E-state index in [1.54, 1.807) is 0 Å². The number of rotatable bonds is 4. The molecular formula is C19H23NO. The molecule has 21 heavy (non-hydrogen) atoms. The maximum Gasteiger partial charge on any atom is 0.0828 e. The fourth-order valence-electron chi connectivity index (χ4n) is 3.01. The van der Waals surface area contributed by atoms with Crippen molar-refractivity contribution in [2.24, 2.45) is 5.73 Å². The van der Waals surface area contributed by atoms with E-state index in [4.69, 9.17) is 10.5 Å².